The Labute approximate surface area is 200 Å². The Kier molecular flexibility index (Phi) is 6.76. The molecule has 1 amide bonds. The van der Waals surface area contributed by atoms with E-state index in [2.05, 4.69) is 52.3 Å². The molecule has 1 aromatic heterocycles. The van der Waals surface area contributed by atoms with Crippen molar-refractivity contribution >= 4 is 5.91 Å². The Balaban J connectivity index is 1.43. The predicted molar refractivity (Wildman–Crippen MR) is 131 cm³/mol. The van der Waals surface area contributed by atoms with Gasteiger partial charge in [0.1, 0.15) is 11.9 Å². The molecule has 3 heterocycles. The molecule has 0 saturated carbocycles. The van der Waals surface area contributed by atoms with Gasteiger partial charge in [0.05, 0.1) is 18.4 Å². The standard InChI is InChI=1S/C27H32N4O3/c1-30-14-11-22(12-15-30)34-25-23-5-3-2-4-19(23)10-16-31-18-24(29-26(25)31)20-6-8-21(9-7-20)27(33)28-13-17-32/h2-9,18,22,25,32H,10-17H2,1H3,(H,28,33). The number of nitrogens with one attached hydrogen (secondary N) is 1. The van der Waals surface area contributed by atoms with Crippen LogP contribution in [0.15, 0.2) is 54.7 Å². The van der Waals surface area contributed by atoms with Crippen molar-refractivity contribution in [2.75, 3.05) is 33.3 Å². The van der Waals surface area contributed by atoms with E-state index in [9.17, 15) is 4.79 Å². The van der Waals surface area contributed by atoms with Crippen molar-refractivity contribution in [2.45, 2.75) is 38.0 Å². The third-order valence-electron chi connectivity index (χ3n) is 6.84. The molecule has 0 bridgehead atoms. The number of amides is 1. The van der Waals surface area contributed by atoms with Crippen LogP contribution in [0.4, 0.5) is 0 Å². The van der Waals surface area contributed by atoms with E-state index >= 15 is 0 Å². The number of aliphatic hydroxyl groups is 1. The quantitative estimate of drug-likeness (QED) is 0.591. The first-order chi connectivity index (χ1) is 16.6. The predicted octanol–water partition coefficient (Wildman–Crippen LogP) is 3.03. The lowest BCUT2D eigenvalue weighted by Gasteiger charge is -2.32. The maximum Gasteiger partial charge on any atom is 0.251 e. The van der Waals surface area contributed by atoms with E-state index in [0.717, 1.165) is 56.0 Å². The van der Waals surface area contributed by atoms with Crippen LogP contribution < -0.4 is 5.32 Å². The molecule has 2 aromatic carbocycles. The molecule has 1 fully saturated rings. The van der Waals surface area contributed by atoms with Gasteiger partial charge in [-0.25, -0.2) is 4.98 Å². The average molecular weight is 461 g/mol. The molecule has 2 aliphatic heterocycles. The van der Waals surface area contributed by atoms with Gasteiger partial charge in [0.15, 0.2) is 0 Å². The molecule has 178 valence electrons. The number of aryl methyl sites for hydroxylation is 2. The number of nitrogens with zero attached hydrogens (tertiary/aromatic N) is 3. The van der Waals surface area contributed by atoms with Crippen LogP contribution >= 0.6 is 0 Å². The van der Waals surface area contributed by atoms with Gasteiger partial charge in [-0.05, 0) is 49.6 Å². The van der Waals surface area contributed by atoms with Gasteiger partial charge in [0.2, 0.25) is 0 Å². The van der Waals surface area contributed by atoms with E-state index in [1.165, 1.54) is 11.1 Å². The van der Waals surface area contributed by atoms with Crippen LogP contribution in [0.5, 0.6) is 0 Å². The second-order valence-electron chi connectivity index (χ2n) is 9.20. The average Bonchev–Trinajstić information content (AvgIpc) is 3.24. The number of aliphatic hydroxyl groups excluding tert-OH is 1. The minimum atomic E-state index is -0.190. The van der Waals surface area contributed by atoms with Crippen LogP contribution in [0, 0.1) is 0 Å². The van der Waals surface area contributed by atoms with Crippen molar-refractivity contribution in [3.05, 3.63) is 77.2 Å². The fraction of sp³-hybridized carbons (Fsp3) is 0.407. The fourth-order valence-corrected chi connectivity index (χ4v) is 4.87. The normalized spacial score (nSPS) is 18.7. The van der Waals surface area contributed by atoms with Crippen molar-refractivity contribution in [3.8, 4) is 11.3 Å². The largest absolute Gasteiger partial charge is 0.395 e. The zero-order valence-corrected chi connectivity index (χ0v) is 19.6. The summed E-state index contributed by atoms with van der Waals surface area (Å²) < 4.78 is 9.00. The van der Waals surface area contributed by atoms with Gasteiger partial charge in [0, 0.05) is 43.5 Å². The monoisotopic (exact) mass is 460 g/mol. The molecule has 1 saturated heterocycles. The summed E-state index contributed by atoms with van der Waals surface area (Å²) in [5.74, 6) is 0.757. The third-order valence-corrected chi connectivity index (χ3v) is 6.84. The Hall–Kier alpha value is -3.00. The Morgan fingerprint density at radius 3 is 2.65 bits per heavy atom. The molecule has 3 aromatic rings. The van der Waals surface area contributed by atoms with Crippen LogP contribution in [0.25, 0.3) is 11.3 Å². The van der Waals surface area contributed by atoms with Crippen molar-refractivity contribution < 1.29 is 14.6 Å². The molecule has 2 N–H and O–H groups in total. The molecule has 0 spiro atoms. The smallest absolute Gasteiger partial charge is 0.251 e. The van der Waals surface area contributed by atoms with Crippen LogP contribution in [0.2, 0.25) is 0 Å². The first-order valence-corrected chi connectivity index (χ1v) is 12.1. The fourth-order valence-electron chi connectivity index (χ4n) is 4.87. The minimum Gasteiger partial charge on any atom is -0.395 e. The van der Waals surface area contributed by atoms with E-state index in [1.807, 2.05) is 12.1 Å². The summed E-state index contributed by atoms with van der Waals surface area (Å²) in [6.45, 7) is 3.13. The van der Waals surface area contributed by atoms with Gasteiger partial charge in [-0.1, -0.05) is 36.4 Å². The lowest BCUT2D eigenvalue weighted by molar-refractivity contribution is -0.0275. The summed E-state index contributed by atoms with van der Waals surface area (Å²) in [7, 11) is 2.16. The molecule has 7 nitrogen and oxygen atoms in total. The van der Waals surface area contributed by atoms with Gasteiger partial charge in [-0.3, -0.25) is 4.79 Å². The second kappa shape index (κ2) is 10.1. The number of hydrogen-bond acceptors (Lipinski definition) is 5. The number of aromatic nitrogens is 2. The van der Waals surface area contributed by atoms with Gasteiger partial charge >= 0.3 is 0 Å². The number of fused-ring (bicyclic) bond motifs is 2. The minimum absolute atomic E-state index is 0.0754. The summed E-state index contributed by atoms with van der Waals surface area (Å²) in [6, 6.07) is 16.0. The van der Waals surface area contributed by atoms with Gasteiger partial charge in [-0.2, -0.15) is 0 Å². The number of benzene rings is 2. The number of ether oxygens (including phenoxy) is 1. The van der Waals surface area contributed by atoms with Crippen LogP contribution in [0.1, 0.15) is 46.3 Å². The number of rotatable bonds is 6. The van der Waals surface area contributed by atoms with Gasteiger partial charge in [0.25, 0.3) is 5.91 Å². The van der Waals surface area contributed by atoms with Crippen LogP contribution in [0.3, 0.4) is 0 Å². The first-order valence-electron chi connectivity index (χ1n) is 12.1. The molecule has 1 atom stereocenters. The maximum atomic E-state index is 12.2. The molecule has 5 rings (SSSR count). The molecular weight excluding hydrogens is 428 g/mol. The van der Waals surface area contributed by atoms with Crippen molar-refractivity contribution in [3.63, 3.8) is 0 Å². The zero-order valence-electron chi connectivity index (χ0n) is 19.6. The maximum absolute atomic E-state index is 12.2. The first kappa shape index (κ1) is 22.8. The van der Waals surface area contributed by atoms with Crippen molar-refractivity contribution in [1.29, 1.82) is 0 Å². The van der Waals surface area contributed by atoms with Gasteiger partial charge < -0.3 is 24.6 Å². The van der Waals surface area contributed by atoms with Crippen LogP contribution in [-0.2, 0) is 17.7 Å². The van der Waals surface area contributed by atoms with E-state index < -0.39 is 0 Å². The highest BCUT2D eigenvalue weighted by Crippen LogP contribution is 2.35. The number of hydrogen-bond donors (Lipinski definition) is 2. The molecule has 2 aliphatic rings. The summed E-state index contributed by atoms with van der Waals surface area (Å²) in [4.78, 5) is 19.6. The van der Waals surface area contributed by atoms with Crippen molar-refractivity contribution in [2.24, 2.45) is 0 Å². The Bertz CT molecular complexity index is 1130. The Morgan fingerprint density at radius 1 is 1.12 bits per heavy atom. The zero-order chi connectivity index (χ0) is 23.5. The summed E-state index contributed by atoms with van der Waals surface area (Å²) >= 11 is 0. The van der Waals surface area contributed by atoms with E-state index in [0.29, 0.717) is 5.56 Å². The molecule has 0 aliphatic carbocycles. The van der Waals surface area contributed by atoms with E-state index in [4.69, 9.17) is 14.8 Å². The highest BCUT2D eigenvalue weighted by molar-refractivity contribution is 5.94. The molecule has 1 unspecified atom stereocenters. The second-order valence-corrected chi connectivity index (χ2v) is 9.20. The highest BCUT2D eigenvalue weighted by Gasteiger charge is 2.30. The molecule has 7 heteroatoms. The lowest BCUT2D eigenvalue weighted by atomic mass is 10.00. The van der Waals surface area contributed by atoms with E-state index in [-0.39, 0.29) is 31.3 Å². The summed E-state index contributed by atoms with van der Waals surface area (Å²) in [5, 5.41) is 11.6. The number of carbonyl (C=O) groups is 1. The number of imidazole rings is 1. The van der Waals surface area contributed by atoms with Gasteiger partial charge in [-0.15, -0.1) is 0 Å². The number of piperidine rings is 1. The molecule has 0 radical (unpaired) electrons. The SMILES string of the molecule is CN1CCC(OC2c3ccccc3CCn3cc(-c4ccc(C(=O)NCCO)cc4)nc32)CC1. The lowest BCUT2D eigenvalue weighted by Crippen LogP contribution is -2.35. The number of likely N-dealkylation sites (tertiary alicyclic amines) is 1. The molecule has 34 heavy (non-hydrogen) atoms. The topological polar surface area (TPSA) is 79.6 Å². The van der Waals surface area contributed by atoms with Crippen LogP contribution in [-0.4, -0.2) is 64.9 Å². The number of carbonyl (C=O) groups excluding carboxylic acids is 1. The van der Waals surface area contributed by atoms with Crippen molar-refractivity contribution in [1.82, 2.24) is 19.8 Å². The van der Waals surface area contributed by atoms with E-state index in [1.54, 1.807) is 12.1 Å². The highest BCUT2D eigenvalue weighted by atomic mass is 16.5. The third kappa shape index (κ3) is 4.78. The summed E-state index contributed by atoms with van der Waals surface area (Å²) in [5.41, 5.74) is 4.95. The summed E-state index contributed by atoms with van der Waals surface area (Å²) in [6.07, 6.45) is 5.14. The Morgan fingerprint density at radius 2 is 1.88 bits per heavy atom. The molecular formula is C27H32N4O3.